The van der Waals surface area contributed by atoms with Crippen molar-refractivity contribution in [2.75, 3.05) is 26.0 Å². The van der Waals surface area contributed by atoms with Crippen molar-refractivity contribution in [3.8, 4) is 0 Å². The summed E-state index contributed by atoms with van der Waals surface area (Å²) in [6.45, 7) is 10.9. The van der Waals surface area contributed by atoms with Crippen LogP contribution in [0.25, 0.3) is 0 Å². The first-order chi connectivity index (χ1) is 21.7. The number of hydroxylamine groups is 1. The van der Waals surface area contributed by atoms with E-state index in [2.05, 4.69) is 26.7 Å². The highest BCUT2D eigenvalue weighted by molar-refractivity contribution is 5.95. The number of likely N-dealkylation sites (N-methyl/N-ethyl adjacent to an activating group) is 1. The molecule has 2 rings (SSSR count). The number of carbonyl (C=O) groups is 5. The number of nitrogens with one attached hydrogen (secondary N) is 5. The van der Waals surface area contributed by atoms with Gasteiger partial charge in [-0.05, 0) is 57.1 Å². The van der Waals surface area contributed by atoms with Crippen LogP contribution in [0.4, 0.5) is 5.69 Å². The Morgan fingerprint density at radius 2 is 1.57 bits per heavy atom. The first-order valence-corrected chi connectivity index (χ1v) is 15.2. The summed E-state index contributed by atoms with van der Waals surface area (Å²) in [7, 11) is 3.67. The normalized spacial score (nSPS) is 13.7. The lowest BCUT2D eigenvalue weighted by atomic mass is 9.76. The van der Waals surface area contributed by atoms with Crippen LogP contribution >= 0.6 is 0 Å². The van der Waals surface area contributed by atoms with Gasteiger partial charge in [-0.15, -0.1) is 0 Å². The van der Waals surface area contributed by atoms with Crippen molar-refractivity contribution >= 4 is 35.7 Å². The summed E-state index contributed by atoms with van der Waals surface area (Å²) in [5.41, 5.74) is 4.53. The fourth-order valence-electron chi connectivity index (χ4n) is 4.86. The van der Waals surface area contributed by atoms with Crippen molar-refractivity contribution in [3.05, 3.63) is 77.4 Å². The maximum absolute atomic E-state index is 13.3. The Hall–Kier alpha value is -4.55. The highest BCUT2D eigenvalue weighted by Gasteiger charge is 2.38. The average molecular weight is 637 g/mol. The van der Waals surface area contributed by atoms with Crippen LogP contribution in [0.2, 0.25) is 0 Å². The fourth-order valence-corrected chi connectivity index (χ4v) is 4.86. The molecule has 5 amide bonds. The van der Waals surface area contributed by atoms with Gasteiger partial charge in [0.25, 0.3) is 5.91 Å². The fraction of sp³-hybridized carbons (Fsp3) is 0.441. The molecule has 0 saturated carbocycles. The molecule has 0 heterocycles. The summed E-state index contributed by atoms with van der Waals surface area (Å²) in [4.78, 5) is 68.5. The quantitative estimate of drug-likeness (QED) is 0.101. The van der Waals surface area contributed by atoms with Gasteiger partial charge < -0.3 is 21.3 Å². The smallest absolute Gasteiger partial charge is 0.270 e. The SMILES string of the molecule is C/C(=C\C(NC(=O)CNC(=O)[C@@H](N(C)C)C(C)(C)c1ccccc1)C(C)C)C(=O)NOCc1ccc(NC(=O)[C@H](C)NC=O)cc1. The van der Waals surface area contributed by atoms with E-state index in [1.807, 2.05) is 77.0 Å². The predicted octanol–water partition coefficient (Wildman–Crippen LogP) is 2.42. The van der Waals surface area contributed by atoms with Crippen molar-refractivity contribution < 1.29 is 28.8 Å². The van der Waals surface area contributed by atoms with Crippen LogP contribution in [-0.2, 0) is 40.8 Å². The summed E-state index contributed by atoms with van der Waals surface area (Å²) in [6, 6.07) is 14.9. The van der Waals surface area contributed by atoms with E-state index in [1.165, 1.54) is 0 Å². The molecule has 0 spiro atoms. The third-order valence-electron chi connectivity index (χ3n) is 7.56. The van der Waals surface area contributed by atoms with Crippen LogP contribution in [0.5, 0.6) is 0 Å². The second-order valence-electron chi connectivity index (χ2n) is 12.3. The molecule has 1 unspecified atom stereocenters. The Morgan fingerprint density at radius 1 is 0.935 bits per heavy atom. The number of rotatable bonds is 17. The minimum atomic E-state index is -0.671. The summed E-state index contributed by atoms with van der Waals surface area (Å²) < 4.78 is 0. The Bertz CT molecular complexity index is 1360. The van der Waals surface area contributed by atoms with Gasteiger partial charge in [0, 0.05) is 16.7 Å². The van der Waals surface area contributed by atoms with Crippen LogP contribution in [0.1, 0.15) is 52.7 Å². The van der Waals surface area contributed by atoms with Gasteiger partial charge >= 0.3 is 0 Å². The molecule has 12 heteroatoms. The van der Waals surface area contributed by atoms with E-state index in [1.54, 1.807) is 44.2 Å². The van der Waals surface area contributed by atoms with E-state index in [4.69, 9.17) is 4.84 Å². The zero-order valence-corrected chi connectivity index (χ0v) is 28.0. The Morgan fingerprint density at radius 3 is 2.13 bits per heavy atom. The third kappa shape index (κ3) is 11.4. The molecule has 0 radical (unpaired) electrons. The number of hydrogen-bond donors (Lipinski definition) is 5. The highest BCUT2D eigenvalue weighted by atomic mass is 16.6. The largest absolute Gasteiger partial charge is 0.348 e. The number of benzene rings is 2. The lowest BCUT2D eigenvalue weighted by molar-refractivity contribution is -0.130. The number of nitrogens with zero attached hydrogens (tertiary/aromatic N) is 1. The first-order valence-electron chi connectivity index (χ1n) is 15.2. The van der Waals surface area contributed by atoms with Crippen molar-refractivity contribution in [3.63, 3.8) is 0 Å². The van der Waals surface area contributed by atoms with Gasteiger partial charge in [-0.2, -0.15) is 0 Å². The van der Waals surface area contributed by atoms with E-state index in [0.29, 0.717) is 17.7 Å². The predicted molar refractivity (Wildman–Crippen MR) is 177 cm³/mol. The molecule has 0 aromatic heterocycles. The summed E-state index contributed by atoms with van der Waals surface area (Å²) in [6.07, 6.45) is 2.12. The number of carbonyl (C=O) groups excluding carboxylic acids is 5. The molecule has 250 valence electrons. The summed E-state index contributed by atoms with van der Waals surface area (Å²) in [5, 5.41) is 10.7. The van der Waals surface area contributed by atoms with Gasteiger partial charge in [-0.3, -0.25) is 33.7 Å². The number of anilines is 1. The molecular formula is C34H48N6O6. The van der Waals surface area contributed by atoms with E-state index in [0.717, 1.165) is 11.1 Å². The molecule has 12 nitrogen and oxygen atoms in total. The molecule has 46 heavy (non-hydrogen) atoms. The van der Waals surface area contributed by atoms with Crippen LogP contribution in [0, 0.1) is 5.92 Å². The average Bonchev–Trinajstić information content (AvgIpc) is 3.00. The molecule has 2 aromatic carbocycles. The van der Waals surface area contributed by atoms with Crippen LogP contribution in [0.15, 0.2) is 66.2 Å². The van der Waals surface area contributed by atoms with Gasteiger partial charge in [-0.1, -0.05) is 76.2 Å². The molecule has 0 aliphatic heterocycles. The van der Waals surface area contributed by atoms with Gasteiger partial charge in [0.05, 0.1) is 25.2 Å². The first kappa shape index (κ1) is 37.6. The second-order valence-corrected chi connectivity index (χ2v) is 12.3. The molecule has 5 N–H and O–H groups in total. The lowest BCUT2D eigenvalue weighted by Gasteiger charge is -2.38. The molecule has 0 fully saturated rings. The lowest BCUT2D eigenvalue weighted by Crippen LogP contribution is -2.55. The number of amides is 5. The Labute approximate surface area is 271 Å². The molecule has 0 aliphatic carbocycles. The van der Waals surface area contributed by atoms with Gasteiger partial charge in [0.2, 0.25) is 24.1 Å². The van der Waals surface area contributed by atoms with E-state index >= 15 is 0 Å². The van der Waals surface area contributed by atoms with Gasteiger partial charge in [-0.25, -0.2) is 5.48 Å². The van der Waals surface area contributed by atoms with E-state index in [-0.39, 0.29) is 36.8 Å². The highest BCUT2D eigenvalue weighted by Crippen LogP contribution is 2.29. The third-order valence-corrected chi connectivity index (χ3v) is 7.56. The van der Waals surface area contributed by atoms with Crippen molar-refractivity contribution in [1.82, 2.24) is 26.3 Å². The maximum atomic E-state index is 13.3. The topological polar surface area (TPSA) is 158 Å². The van der Waals surface area contributed by atoms with Gasteiger partial charge in [0.15, 0.2) is 0 Å². The minimum absolute atomic E-state index is 0.0360. The van der Waals surface area contributed by atoms with E-state index < -0.39 is 29.4 Å². The Balaban J connectivity index is 1.90. The molecule has 0 bridgehead atoms. The molecular weight excluding hydrogens is 588 g/mol. The van der Waals surface area contributed by atoms with Crippen molar-refractivity contribution in [1.29, 1.82) is 0 Å². The van der Waals surface area contributed by atoms with Crippen LogP contribution in [0.3, 0.4) is 0 Å². The van der Waals surface area contributed by atoms with Gasteiger partial charge in [0.1, 0.15) is 6.04 Å². The minimum Gasteiger partial charge on any atom is -0.348 e. The summed E-state index contributed by atoms with van der Waals surface area (Å²) in [5.74, 6) is -1.50. The standard InChI is InChI=1S/C34H48N6O6/c1-22(2)28(38-29(42)19-35-33(45)30(40(7)8)34(5,6)26-12-10-9-11-13-26)18-23(3)31(43)39-46-20-25-14-16-27(17-15-25)37-32(44)24(4)36-21-41/h9-18,21-22,24,28,30H,19-20H2,1-8H3,(H,35,45)(H,36,41)(H,37,44)(H,38,42)(H,39,43)/b23-18+/t24-,28?,30+/m0/s1. The summed E-state index contributed by atoms with van der Waals surface area (Å²) >= 11 is 0. The maximum Gasteiger partial charge on any atom is 0.270 e. The van der Waals surface area contributed by atoms with Crippen molar-refractivity contribution in [2.24, 2.45) is 5.92 Å². The molecule has 0 saturated heterocycles. The zero-order valence-electron chi connectivity index (χ0n) is 28.0. The second kappa shape index (κ2) is 17.8. The molecule has 2 aromatic rings. The molecule has 0 aliphatic rings. The molecule has 3 atom stereocenters. The van der Waals surface area contributed by atoms with E-state index in [9.17, 15) is 24.0 Å². The number of hydrogen-bond acceptors (Lipinski definition) is 7. The van der Waals surface area contributed by atoms with Crippen LogP contribution in [-0.4, -0.2) is 73.7 Å². The Kier molecular flexibility index (Phi) is 14.6. The monoisotopic (exact) mass is 636 g/mol. The van der Waals surface area contributed by atoms with Crippen LogP contribution < -0.4 is 26.7 Å². The van der Waals surface area contributed by atoms with Crippen molar-refractivity contribution in [2.45, 2.75) is 71.7 Å². The zero-order chi connectivity index (χ0) is 34.4.